The molecule has 72 heavy (non-hydrogen) atoms. The van der Waals surface area contributed by atoms with E-state index in [1.54, 1.807) is 4.90 Å². The number of ether oxygens (including phenoxy) is 2. The van der Waals surface area contributed by atoms with Crippen molar-refractivity contribution in [1.82, 2.24) is 45.1 Å². The highest BCUT2D eigenvalue weighted by Crippen LogP contribution is 2.32. The number of para-hydroxylation sites is 2. The Bertz CT molecular complexity index is 3140. The Kier molecular flexibility index (Phi) is 14.5. The van der Waals surface area contributed by atoms with Crippen LogP contribution in [0.3, 0.4) is 0 Å². The molecule has 0 aliphatic carbocycles. The highest BCUT2D eigenvalue weighted by molar-refractivity contribution is 5.95. The van der Waals surface area contributed by atoms with Gasteiger partial charge >= 0.3 is 12.2 Å². The number of hydrogen-bond acceptors (Lipinski definition) is 12. The van der Waals surface area contributed by atoms with E-state index in [9.17, 15) is 9.59 Å². The van der Waals surface area contributed by atoms with Gasteiger partial charge in [-0.05, 0) is 109 Å². The lowest BCUT2D eigenvalue weighted by Gasteiger charge is -2.24. The lowest BCUT2D eigenvalue weighted by atomic mass is 10.1. The van der Waals surface area contributed by atoms with Crippen LogP contribution in [0.2, 0.25) is 0 Å². The Labute approximate surface area is 420 Å². The van der Waals surface area contributed by atoms with Crippen molar-refractivity contribution < 1.29 is 19.1 Å². The van der Waals surface area contributed by atoms with Crippen LogP contribution in [-0.2, 0) is 35.7 Å². The molecule has 8 aromatic rings. The van der Waals surface area contributed by atoms with Crippen LogP contribution < -0.4 is 27.0 Å². The molecule has 16 heteroatoms. The quantitative estimate of drug-likeness (QED) is 0.0689. The molecule has 0 saturated heterocycles. The summed E-state index contributed by atoms with van der Waals surface area (Å²) in [7, 11) is 0. The third-order valence-electron chi connectivity index (χ3n) is 12.0. The number of nitrogens with two attached hydrogens (primary N) is 1. The minimum absolute atomic E-state index is 0.324. The first-order chi connectivity index (χ1) is 34.7. The minimum atomic E-state index is -0.532. The zero-order chi connectivity index (χ0) is 50.4. The molecule has 2 amide bonds. The van der Waals surface area contributed by atoms with Crippen molar-refractivity contribution in [2.75, 3.05) is 36.8 Å². The number of nitrogens with zero attached hydrogens (tertiary/aromatic N) is 7. The van der Waals surface area contributed by atoms with Crippen molar-refractivity contribution >= 4 is 45.4 Å². The van der Waals surface area contributed by atoms with Crippen LogP contribution in [0.15, 0.2) is 122 Å². The topological polar surface area (TPSA) is 191 Å². The van der Waals surface area contributed by atoms with Gasteiger partial charge in [-0.15, -0.1) is 0 Å². The first kappa shape index (κ1) is 49.2. The molecule has 4 aromatic carbocycles. The number of pyridine rings is 2. The molecule has 0 fully saturated rings. The van der Waals surface area contributed by atoms with Crippen LogP contribution in [0.5, 0.6) is 0 Å². The third kappa shape index (κ3) is 12.0. The molecule has 0 unspecified atom stereocenters. The van der Waals surface area contributed by atoms with Gasteiger partial charge in [0.1, 0.15) is 11.2 Å². The number of fused-ring (bicyclic) bond motifs is 4. The van der Waals surface area contributed by atoms with E-state index in [2.05, 4.69) is 87.2 Å². The van der Waals surface area contributed by atoms with E-state index < -0.39 is 17.3 Å². The second-order valence-corrected chi connectivity index (χ2v) is 20.0. The number of alkyl carbamates (subject to hydrolysis) is 1. The van der Waals surface area contributed by atoms with Crippen molar-refractivity contribution in [2.45, 2.75) is 91.8 Å². The molecule has 4 aromatic heterocycles. The van der Waals surface area contributed by atoms with Gasteiger partial charge < -0.3 is 36.5 Å². The Morgan fingerprint density at radius 2 is 1.15 bits per heavy atom. The SMILES string of the molecule is CC(C)(C)OC(=O)NCCCNc1cc(-c2ccc(-n3cc4c(n3)CN(C(=O)OC(C)(C)C)C4)cc2)nc2ccccc12.NCCCNc1cc(-c2ccc(-n3cc4c(n3)CNC4)cc2)nc2ccccc12. The normalized spacial score (nSPS) is 13.1. The number of anilines is 2. The molecule has 0 bridgehead atoms. The maximum atomic E-state index is 12.5. The van der Waals surface area contributed by atoms with Gasteiger partial charge in [0.2, 0.25) is 0 Å². The van der Waals surface area contributed by atoms with Gasteiger partial charge in [0.15, 0.2) is 0 Å². The maximum Gasteiger partial charge on any atom is 0.410 e. The fourth-order valence-electron chi connectivity index (χ4n) is 8.58. The van der Waals surface area contributed by atoms with Gasteiger partial charge in [-0.25, -0.2) is 28.9 Å². The van der Waals surface area contributed by atoms with Crippen LogP contribution in [-0.4, -0.2) is 84.0 Å². The molecule has 10 rings (SSSR count). The number of aromatic nitrogens is 6. The Balaban J connectivity index is 0.000000191. The van der Waals surface area contributed by atoms with Crippen LogP contribution in [0.25, 0.3) is 55.7 Å². The molecule has 0 saturated carbocycles. The van der Waals surface area contributed by atoms with E-state index in [1.807, 2.05) is 112 Å². The van der Waals surface area contributed by atoms with Crippen LogP contribution >= 0.6 is 0 Å². The molecule has 16 nitrogen and oxygen atoms in total. The molecule has 6 N–H and O–H groups in total. The zero-order valence-corrected chi connectivity index (χ0v) is 42.0. The smallest absolute Gasteiger partial charge is 0.410 e. The van der Waals surface area contributed by atoms with Gasteiger partial charge in [-0.1, -0.05) is 60.7 Å². The predicted octanol–water partition coefficient (Wildman–Crippen LogP) is 10.1. The van der Waals surface area contributed by atoms with Gasteiger partial charge in [-0.3, -0.25) is 4.90 Å². The Morgan fingerprint density at radius 3 is 1.68 bits per heavy atom. The van der Waals surface area contributed by atoms with Crippen molar-refractivity contribution in [2.24, 2.45) is 5.73 Å². The summed E-state index contributed by atoms with van der Waals surface area (Å²) < 4.78 is 14.6. The summed E-state index contributed by atoms with van der Waals surface area (Å²) in [5.74, 6) is 0. The van der Waals surface area contributed by atoms with Gasteiger partial charge in [0.05, 0.1) is 58.3 Å². The number of carbonyl (C=O) groups is 2. The first-order valence-electron chi connectivity index (χ1n) is 24.7. The summed E-state index contributed by atoms with van der Waals surface area (Å²) in [5, 5.41) is 24.7. The van der Waals surface area contributed by atoms with Gasteiger partial charge in [-0.2, -0.15) is 10.2 Å². The predicted molar refractivity (Wildman–Crippen MR) is 284 cm³/mol. The average Bonchev–Trinajstić information content (AvgIpc) is 4.16. The first-order valence-corrected chi connectivity index (χ1v) is 24.7. The number of benzene rings is 4. The van der Waals surface area contributed by atoms with E-state index >= 15 is 0 Å². The van der Waals surface area contributed by atoms with Crippen LogP contribution in [0.1, 0.15) is 76.9 Å². The van der Waals surface area contributed by atoms with Gasteiger partial charge in [0, 0.05) is 89.5 Å². The molecule has 2 aliphatic rings. The monoisotopic (exact) mass is 969 g/mol. The number of rotatable bonds is 13. The number of carbonyl (C=O) groups excluding carboxylic acids is 2. The number of nitrogens with one attached hydrogen (secondary N) is 4. The molecular weight excluding hydrogens is 905 g/mol. The summed E-state index contributed by atoms with van der Waals surface area (Å²) in [6.45, 7) is 16.5. The molecule has 0 radical (unpaired) electrons. The summed E-state index contributed by atoms with van der Waals surface area (Å²) >= 11 is 0. The lowest BCUT2D eigenvalue weighted by molar-refractivity contribution is 0.0239. The van der Waals surface area contributed by atoms with Crippen molar-refractivity contribution in [3.05, 3.63) is 144 Å². The maximum absolute atomic E-state index is 12.5. The third-order valence-corrected chi connectivity index (χ3v) is 12.0. The molecular formula is C56H64N12O4. The van der Waals surface area contributed by atoms with E-state index in [4.69, 9.17) is 30.3 Å². The van der Waals surface area contributed by atoms with E-state index in [-0.39, 0.29) is 6.09 Å². The number of amides is 2. The fraction of sp³-hybridized carbons (Fsp3) is 0.321. The highest BCUT2D eigenvalue weighted by Gasteiger charge is 2.30. The van der Waals surface area contributed by atoms with Crippen LogP contribution in [0, 0.1) is 0 Å². The summed E-state index contributed by atoms with van der Waals surface area (Å²) in [4.78, 5) is 35.8. The standard InChI is InChI=1S/C33H40N6O4.C23H24N6/c1-32(2,3)42-30(40)35-17-9-16-34-28-18-27(36-26-11-8-7-10-25(26)28)22-12-14-24(15-13-22)39-20-23-19-38(21-29(23)37-39)31(41)43-33(4,5)6;24-10-3-11-26-22-12-21(27-20-5-2-1-4-19(20)22)16-6-8-18(9-7-16)29-15-17-13-25-14-23(17)28-29/h7-8,10-15,18,20H,9,16-17,19,21H2,1-6H3,(H,34,36)(H,35,40);1-2,4-9,12,15,25H,3,10-11,13-14,24H2,(H,26,27). The fourth-order valence-corrected chi connectivity index (χ4v) is 8.58. The van der Waals surface area contributed by atoms with Crippen molar-refractivity contribution in [1.29, 1.82) is 0 Å². The molecule has 0 spiro atoms. The van der Waals surface area contributed by atoms with Crippen molar-refractivity contribution in [3.63, 3.8) is 0 Å². The second-order valence-electron chi connectivity index (χ2n) is 20.0. The molecule has 372 valence electrons. The molecule has 6 heterocycles. The minimum Gasteiger partial charge on any atom is -0.444 e. The largest absolute Gasteiger partial charge is 0.444 e. The summed E-state index contributed by atoms with van der Waals surface area (Å²) in [6, 6.07) is 37.0. The Morgan fingerprint density at radius 1 is 0.625 bits per heavy atom. The van der Waals surface area contributed by atoms with Crippen LogP contribution in [0.4, 0.5) is 21.0 Å². The number of hydrogen-bond donors (Lipinski definition) is 5. The average molecular weight is 969 g/mol. The summed E-state index contributed by atoms with van der Waals surface area (Å²) in [6.07, 6.45) is 5.03. The zero-order valence-electron chi connectivity index (χ0n) is 42.0. The van der Waals surface area contributed by atoms with E-state index in [1.165, 1.54) is 5.56 Å². The summed E-state index contributed by atoms with van der Waals surface area (Å²) in [5.41, 5.74) is 18.8. The van der Waals surface area contributed by atoms with E-state index in [0.29, 0.717) is 32.7 Å². The lowest BCUT2D eigenvalue weighted by Crippen LogP contribution is -2.33. The Hall–Kier alpha value is -7.82. The van der Waals surface area contributed by atoms with Crippen molar-refractivity contribution in [3.8, 4) is 33.9 Å². The highest BCUT2D eigenvalue weighted by atomic mass is 16.6. The second kappa shape index (κ2) is 21.3. The molecule has 0 atom stereocenters. The van der Waals surface area contributed by atoms with E-state index in [0.717, 1.165) is 116 Å². The van der Waals surface area contributed by atoms with Gasteiger partial charge in [0.25, 0.3) is 0 Å². The molecule has 2 aliphatic heterocycles.